The molecule has 1 aliphatic rings. The SMILES string of the molecule is O=C(Nc1cn2c(Br)cccc2n1)[C@H](c1ccccc1)N1CCCCC1=O. The number of hydrogen-bond acceptors (Lipinski definition) is 3. The minimum absolute atomic E-state index is 0.0167. The maximum absolute atomic E-state index is 13.2. The highest BCUT2D eigenvalue weighted by molar-refractivity contribution is 9.10. The average Bonchev–Trinajstić information content (AvgIpc) is 3.08. The van der Waals surface area contributed by atoms with Gasteiger partial charge in [0.25, 0.3) is 5.91 Å². The van der Waals surface area contributed by atoms with Gasteiger partial charge >= 0.3 is 0 Å². The first-order chi connectivity index (χ1) is 13.1. The molecule has 0 spiro atoms. The first-order valence-corrected chi connectivity index (χ1v) is 9.72. The van der Waals surface area contributed by atoms with Gasteiger partial charge in [0.05, 0.1) is 10.8 Å². The molecule has 1 aromatic carbocycles. The molecule has 7 heteroatoms. The summed E-state index contributed by atoms with van der Waals surface area (Å²) in [6.07, 6.45) is 4.03. The number of pyridine rings is 1. The Bertz CT molecular complexity index is 986. The molecule has 1 N–H and O–H groups in total. The number of piperidine rings is 1. The van der Waals surface area contributed by atoms with E-state index in [9.17, 15) is 9.59 Å². The maximum Gasteiger partial charge on any atom is 0.253 e. The van der Waals surface area contributed by atoms with Crippen molar-refractivity contribution >= 4 is 39.2 Å². The van der Waals surface area contributed by atoms with E-state index < -0.39 is 6.04 Å². The number of likely N-dealkylation sites (tertiary alicyclic amines) is 1. The van der Waals surface area contributed by atoms with Crippen molar-refractivity contribution in [2.45, 2.75) is 25.3 Å². The molecule has 3 heterocycles. The number of aromatic nitrogens is 2. The minimum atomic E-state index is -0.660. The van der Waals surface area contributed by atoms with Crippen LogP contribution in [0.15, 0.2) is 59.3 Å². The number of hydrogen-bond donors (Lipinski definition) is 1. The Balaban J connectivity index is 1.65. The highest BCUT2D eigenvalue weighted by Crippen LogP contribution is 2.27. The summed E-state index contributed by atoms with van der Waals surface area (Å²) >= 11 is 3.47. The van der Waals surface area contributed by atoms with E-state index in [4.69, 9.17) is 0 Å². The smallest absolute Gasteiger partial charge is 0.253 e. The standard InChI is InChI=1S/C20H19BrN4O2/c21-15-9-6-10-17-22-16(13-25(15)17)23-20(27)19(14-7-2-1-3-8-14)24-12-5-4-11-18(24)26/h1-3,6-10,13,19H,4-5,11-12H2,(H,23,27)/t19-/m0/s1. The number of imidazole rings is 1. The molecule has 0 saturated carbocycles. The Kier molecular flexibility index (Phi) is 4.94. The first-order valence-electron chi connectivity index (χ1n) is 8.92. The lowest BCUT2D eigenvalue weighted by molar-refractivity contribution is -0.141. The lowest BCUT2D eigenvalue weighted by Gasteiger charge is -2.33. The molecule has 1 aliphatic heterocycles. The van der Waals surface area contributed by atoms with Crippen LogP contribution in [0.25, 0.3) is 5.65 Å². The molecule has 1 atom stereocenters. The van der Waals surface area contributed by atoms with Crippen molar-refractivity contribution in [3.05, 3.63) is 64.9 Å². The summed E-state index contributed by atoms with van der Waals surface area (Å²) in [5.41, 5.74) is 1.53. The number of rotatable bonds is 4. The van der Waals surface area contributed by atoms with Gasteiger partial charge in [-0.05, 0) is 46.5 Å². The number of carbonyl (C=O) groups excluding carboxylic acids is 2. The predicted molar refractivity (Wildman–Crippen MR) is 106 cm³/mol. The summed E-state index contributed by atoms with van der Waals surface area (Å²) in [6, 6.07) is 14.4. The summed E-state index contributed by atoms with van der Waals surface area (Å²) in [5.74, 6) is 0.219. The highest BCUT2D eigenvalue weighted by Gasteiger charge is 2.33. The quantitative estimate of drug-likeness (QED) is 0.645. The van der Waals surface area contributed by atoms with E-state index in [-0.39, 0.29) is 11.8 Å². The third-order valence-corrected chi connectivity index (χ3v) is 5.38. The molecule has 2 amide bonds. The van der Waals surface area contributed by atoms with Crippen molar-refractivity contribution in [2.75, 3.05) is 11.9 Å². The van der Waals surface area contributed by atoms with Gasteiger partial charge in [0.15, 0.2) is 5.82 Å². The number of anilines is 1. The number of nitrogens with one attached hydrogen (secondary N) is 1. The van der Waals surface area contributed by atoms with E-state index in [0.717, 1.165) is 28.7 Å². The van der Waals surface area contributed by atoms with Crippen molar-refractivity contribution in [2.24, 2.45) is 0 Å². The topological polar surface area (TPSA) is 66.7 Å². The van der Waals surface area contributed by atoms with Crippen molar-refractivity contribution in [1.29, 1.82) is 0 Å². The molecule has 0 bridgehead atoms. The summed E-state index contributed by atoms with van der Waals surface area (Å²) < 4.78 is 2.69. The normalized spacial score (nSPS) is 15.7. The van der Waals surface area contributed by atoms with Crippen LogP contribution in [0.1, 0.15) is 30.9 Å². The maximum atomic E-state index is 13.2. The van der Waals surface area contributed by atoms with E-state index in [0.29, 0.717) is 18.8 Å². The van der Waals surface area contributed by atoms with Crippen LogP contribution in [0.5, 0.6) is 0 Å². The number of carbonyl (C=O) groups is 2. The van der Waals surface area contributed by atoms with Crippen LogP contribution in [-0.2, 0) is 9.59 Å². The van der Waals surface area contributed by atoms with E-state index >= 15 is 0 Å². The van der Waals surface area contributed by atoms with Gasteiger partial charge < -0.3 is 10.2 Å². The highest BCUT2D eigenvalue weighted by atomic mass is 79.9. The van der Waals surface area contributed by atoms with Crippen LogP contribution >= 0.6 is 15.9 Å². The molecule has 3 aromatic rings. The second-order valence-corrected chi connectivity index (χ2v) is 7.36. The largest absolute Gasteiger partial charge is 0.327 e. The number of benzene rings is 1. The number of halogens is 1. The van der Waals surface area contributed by atoms with Gasteiger partial charge in [-0.1, -0.05) is 36.4 Å². The summed E-state index contributed by atoms with van der Waals surface area (Å²) in [4.78, 5) is 31.8. The fourth-order valence-electron chi connectivity index (χ4n) is 3.44. The predicted octanol–water partition coefficient (Wildman–Crippen LogP) is 3.79. The van der Waals surface area contributed by atoms with Crippen LogP contribution in [0, 0.1) is 0 Å². The zero-order valence-corrected chi connectivity index (χ0v) is 16.2. The van der Waals surface area contributed by atoms with Gasteiger partial charge in [-0.2, -0.15) is 0 Å². The minimum Gasteiger partial charge on any atom is -0.327 e. The third kappa shape index (κ3) is 3.60. The number of amides is 2. The van der Waals surface area contributed by atoms with E-state index in [1.807, 2.05) is 52.9 Å². The van der Waals surface area contributed by atoms with Gasteiger partial charge in [-0.25, -0.2) is 4.98 Å². The second kappa shape index (κ2) is 7.52. The third-order valence-electron chi connectivity index (χ3n) is 4.73. The Morgan fingerprint density at radius 2 is 1.93 bits per heavy atom. The van der Waals surface area contributed by atoms with E-state index in [2.05, 4.69) is 26.2 Å². The molecule has 1 saturated heterocycles. The lowest BCUT2D eigenvalue weighted by atomic mass is 10.0. The van der Waals surface area contributed by atoms with Crippen molar-refractivity contribution < 1.29 is 9.59 Å². The average molecular weight is 427 g/mol. The molecule has 2 aromatic heterocycles. The lowest BCUT2D eigenvalue weighted by Crippen LogP contribution is -2.43. The monoisotopic (exact) mass is 426 g/mol. The Morgan fingerprint density at radius 3 is 2.67 bits per heavy atom. The van der Waals surface area contributed by atoms with Crippen molar-refractivity contribution in [3.8, 4) is 0 Å². The zero-order chi connectivity index (χ0) is 18.8. The number of nitrogens with zero attached hydrogens (tertiary/aromatic N) is 3. The molecule has 0 aliphatic carbocycles. The van der Waals surface area contributed by atoms with Gasteiger partial charge in [0, 0.05) is 13.0 Å². The van der Waals surface area contributed by atoms with Crippen molar-refractivity contribution in [3.63, 3.8) is 0 Å². The second-order valence-electron chi connectivity index (χ2n) is 6.55. The van der Waals surface area contributed by atoms with Gasteiger partial charge in [-0.3, -0.25) is 14.0 Å². The molecular formula is C20H19BrN4O2. The van der Waals surface area contributed by atoms with Crippen LogP contribution in [0.2, 0.25) is 0 Å². The number of fused-ring (bicyclic) bond motifs is 1. The Labute approximate surface area is 165 Å². The molecule has 6 nitrogen and oxygen atoms in total. The fourth-order valence-corrected chi connectivity index (χ4v) is 3.88. The summed E-state index contributed by atoms with van der Waals surface area (Å²) in [7, 11) is 0. The molecule has 0 unspecified atom stereocenters. The van der Waals surface area contributed by atoms with Gasteiger partial charge in [0.1, 0.15) is 11.7 Å². The van der Waals surface area contributed by atoms with Crippen LogP contribution in [0.3, 0.4) is 0 Å². The Hall–Kier alpha value is -2.67. The van der Waals surface area contributed by atoms with Gasteiger partial charge in [-0.15, -0.1) is 0 Å². The first kappa shape index (κ1) is 17.7. The van der Waals surface area contributed by atoms with Crippen LogP contribution in [-0.4, -0.2) is 32.6 Å². The van der Waals surface area contributed by atoms with E-state index in [1.54, 1.807) is 11.1 Å². The fraction of sp³-hybridized carbons (Fsp3) is 0.250. The summed E-state index contributed by atoms with van der Waals surface area (Å²) in [6.45, 7) is 0.586. The van der Waals surface area contributed by atoms with Crippen molar-refractivity contribution in [1.82, 2.24) is 14.3 Å². The summed E-state index contributed by atoms with van der Waals surface area (Å²) in [5, 5.41) is 2.89. The van der Waals surface area contributed by atoms with Crippen LogP contribution in [0.4, 0.5) is 5.82 Å². The molecule has 4 rings (SSSR count). The molecule has 138 valence electrons. The van der Waals surface area contributed by atoms with Gasteiger partial charge in [0.2, 0.25) is 5.91 Å². The molecule has 0 radical (unpaired) electrons. The molecule has 27 heavy (non-hydrogen) atoms. The van der Waals surface area contributed by atoms with Crippen LogP contribution < -0.4 is 5.32 Å². The van der Waals surface area contributed by atoms with E-state index in [1.165, 1.54) is 0 Å². The zero-order valence-electron chi connectivity index (χ0n) is 14.6. The Morgan fingerprint density at radius 1 is 1.11 bits per heavy atom. The molecule has 1 fully saturated rings. The molecular weight excluding hydrogens is 408 g/mol.